The number of nitrogens with two attached hydrogens (primary N) is 1. The summed E-state index contributed by atoms with van der Waals surface area (Å²) >= 11 is 0. The molecule has 0 atom stereocenters. The van der Waals surface area contributed by atoms with Crippen LogP contribution in [0.1, 0.15) is 5.69 Å². The second-order valence-corrected chi connectivity index (χ2v) is 4.21. The van der Waals surface area contributed by atoms with Crippen molar-refractivity contribution in [2.24, 2.45) is 0 Å². The summed E-state index contributed by atoms with van der Waals surface area (Å²) in [5.41, 5.74) is 3.58. The average molecular weight is 241 g/mol. The molecule has 0 fully saturated rings. The molecule has 0 aliphatic carbocycles. The Morgan fingerprint density at radius 1 is 1.22 bits per heavy atom. The van der Waals surface area contributed by atoms with Gasteiger partial charge in [0.2, 0.25) is 5.95 Å². The summed E-state index contributed by atoms with van der Waals surface area (Å²) in [6.45, 7) is 1.92. The second-order valence-electron chi connectivity index (χ2n) is 4.21. The Morgan fingerprint density at radius 3 is 2.78 bits per heavy atom. The number of fused-ring (bicyclic) bond motifs is 1. The number of nitrogen functional groups attached to an aromatic ring is 1. The highest BCUT2D eigenvalue weighted by atomic mass is 19.1. The first kappa shape index (κ1) is 10.8. The summed E-state index contributed by atoms with van der Waals surface area (Å²) in [6.07, 6.45) is 1.47. The fourth-order valence-electron chi connectivity index (χ4n) is 2.31. The lowest BCUT2D eigenvalue weighted by atomic mass is 10.0. The van der Waals surface area contributed by atoms with E-state index in [1.54, 1.807) is 10.7 Å². The molecule has 3 nitrogen and oxygen atoms in total. The molecule has 4 heteroatoms. The minimum Gasteiger partial charge on any atom is -0.339 e. The van der Waals surface area contributed by atoms with Crippen LogP contribution in [0.3, 0.4) is 0 Å². The van der Waals surface area contributed by atoms with Gasteiger partial charge < -0.3 is 5.84 Å². The third kappa shape index (κ3) is 1.46. The second kappa shape index (κ2) is 3.84. The summed E-state index contributed by atoms with van der Waals surface area (Å²) in [6, 6.07) is 11.0. The van der Waals surface area contributed by atoms with Gasteiger partial charge >= 0.3 is 0 Å². The standard InChI is InChI=1S/C14H12FN3/c1-9-14(10-6-7-17-13(15)8-10)11-4-2-3-5-12(11)18(9)16/h2-8H,16H2,1H3. The third-order valence-corrected chi connectivity index (χ3v) is 3.17. The molecule has 2 aromatic heterocycles. The number of aromatic nitrogens is 2. The maximum Gasteiger partial charge on any atom is 0.213 e. The lowest BCUT2D eigenvalue weighted by Crippen LogP contribution is -2.09. The van der Waals surface area contributed by atoms with Gasteiger partial charge in [-0.1, -0.05) is 18.2 Å². The van der Waals surface area contributed by atoms with Gasteiger partial charge in [0.05, 0.1) is 5.52 Å². The Kier molecular flexibility index (Phi) is 2.30. The molecule has 2 N–H and O–H groups in total. The highest BCUT2D eigenvalue weighted by Gasteiger charge is 2.14. The van der Waals surface area contributed by atoms with Crippen LogP contribution in [0.5, 0.6) is 0 Å². The van der Waals surface area contributed by atoms with E-state index < -0.39 is 5.95 Å². The van der Waals surface area contributed by atoms with Crippen molar-refractivity contribution in [1.82, 2.24) is 9.66 Å². The van der Waals surface area contributed by atoms with Gasteiger partial charge in [0.15, 0.2) is 0 Å². The number of benzene rings is 1. The molecule has 1 aromatic carbocycles. The van der Waals surface area contributed by atoms with Gasteiger partial charge in [-0.05, 0) is 24.6 Å². The highest BCUT2D eigenvalue weighted by Crippen LogP contribution is 2.33. The summed E-state index contributed by atoms with van der Waals surface area (Å²) < 4.78 is 14.9. The van der Waals surface area contributed by atoms with Crippen molar-refractivity contribution < 1.29 is 4.39 Å². The Morgan fingerprint density at radius 2 is 2.00 bits per heavy atom. The van der Waals surface area contributed by atoms with Crippen LogP contribution in [-0.4, -0.2) is 9.66 Å². The molecule has 0 aliphatic rings. The number of halogens is 1. The summed E-state index contributed by atoms with van der Waals surface area (Å²) in [4.78, 5) is 3.58. The molecular weight excluding hydrogens is 229 g/mol. The zero-order valence-corrected chi connectivity index (χ0v) is 9.89. The largest absolute Gasteiger partial charge is 0.339 e. The zero-order chi connectivity index (χ0) is 12.7. The fourth-order valence-corrected chi connectivity index (χ4v) is 2.31. The van der Waals surface area contributed by atoms with Crippen molar-refractivity contribution in [3.8, 4) is 11.1 Å². The topological polar surface area (TPSA) is 43.8 Å². The van der Waals surface area contributed by atoms with Crippen LogP contribution < -0.4 is 5.84 Å². The van der Waals surface area contributed by atoms with E-state index in [0.29, 0.717) is 0 Å². The monoisotopic (exact) mass is 241 g/mol. The average Bonchev–Trinajstić information content (AvgIpc) is 2.63. The molecule has 90 valence electrons. The van der Waals surface area contributed by atoms with E-state index in [0.717, 1.165) is 27.7 Å². The van der Waals surface area contributed by atoms with Crippen molar-refractivity contribution in [2.75, 3.05) is 5.84 Å². The quantitative estimate of drug-likeness (QED) is 0.526. The van der Waals surface area contributed by atoms with Crippen LogP contribution in [0.15, 0.2) is 42.6 Å². The smallest absolute Gasteiger partial charge is 0.213 e. The van der Waals surface area contributed by atoms with E-state index in [2.05, 4.69) is 4.98 Å². The molecular formula is C14H12FN3. The van der Waals surface area contributed by atoms with E-state index >= 15 is 0 Å². The van der Waals surface area contributed by atoms with E-state index in [1.807, 2.05) is 31.2 Å². The van der Waals surface area contributed by atoms with Crippen LogP contribution >= 0.6 is 0 Å². The van der Waals surface area contributed by atoms with Crippen molar-refractivity contribution in [2.45, 2.75) is 6.92 Å². The molecule has 18 heavy (non-hydrogen) atoms. The molecule has 0 spiro atoms. The number of para-hydroxylation sites is 1. The Bertz CT molecular complexity index is 731. The van der Waals surface area contributed by atoms with Crippen molar-refractivity contribution in [1.29, 1.82) is 0 Å². The number of pyridine rings is 1. The van der Waals surface area contributed by atoms with E-state index in [4.69, 9.17) is 5.84 Å². The molecule has 0 aliphatic heterocycles. The lowest BCUT2D eigenvalue weighted by molar-refractivity contribution is 0.584. The van der Waals surface area contributed by atoms with E-state index in [9.17, 15) is 4.39 Å². The Balaban J connectivity index is 2.39. The van der Waals surface area contributed by atoms with Crippen LogP contribution in [0, 0.1) is 12.9 Å². The molecule has 0 unspecified atom stereocenters. The van der Waals surface area contributed by atoms with Gasteiger partial charge in [0.1, 0.15) is 0 Å². The first-order chi connectivity index (χ1) is 8.68. The lowest BCUT2D eigenvalue weighted by Gasteiger charge is -2.02. The van der Waals surface area contributed by atoms with Crippen LogP contribution in [0.2, 0.25) is 0 Å². The molecule has 0 saturated carbocycles. The minimum atomic E-state index is -0.485. The van der Waals surface area contributed by atoms with Crippen LogP contribution in [-0.2, 0) is 0 Å². The van der Waals surface area contributed by atoms with Crippen molar-refractivity contribution >= 4 is 10.9 Å². The van der Waals surface area contributed by atoms with Gasteiger partial charge in [-0.3, -0.25) is 4.68 Å². The summed E-state index contributed by atoms with van der Waals surface area (Å²) in [5, 5.41) is 1.02. The van der Waals surface area contributed by atoms with Gasteiger partial charge in [-0.2, -0.15) is 4.39 Å². The molecule has 0 radical (unpaired) electrons. The molecule has 3 rings (SSSR count). The summed E-state index contributed by atoms with van der Waals surface area (Å²) in [5.74, 6) is 5.54. The molecule has 0 bridgehead atoms. The number of nitrogens with zero attached hydrogens (tertiary/aromatic N) is 2. The predicted octanol–water partition coefficient (Wildman–Crippen LogP) is 2.86. The molecule has 0 saturated heterocycles. The molecule has 3 aromatic rings. The Hall–Kier alpha value is -2.36. The van der Waals surface area contributed by atoms with Gasteiger partial charge in [-0.15, -0.1) is 0 Å². The maximum atomic E-state index is 13.2. The molecule has 0 amide bonds. The fraction of sp³-hybridized carbons (Fsp3) is 0.0714. The molecule has 2 heterocycles. The number of hydrogen-bond donors (Lipinski definition) is 1. The Labute approximate surface area is 104 Å². The van der Waals surface area contributed by atoms with Crippen LogP contribution in [0.4, 0.5) is 4.39 Å². The number of hydrogen-bond acceptors (Lipinski definition) is 2. The number of rotatable bonds is 1. The van der Waals surface area contributed by atoms with Gasteiger partial charge in [-0.25, -0.2) is 4.98 Å². The third-order valence-electron chi connectivity index (χ3n) is 3.17. The minimum absolute atomic E-state index is 0.485. The SMILES string of the molecule is Cc1c(-c2ccnc(F)c2)c2ccccc2n1N. The predicted molar refractivity (Wildman–Crippen MR) is 70.0 cm³/mol. The van der Waals surface area contributed by atoms with E-state index in [-0.39, 0.29) is 0 Å². The van der Waals surface area contributed by atoms with E-state index in [1.165, 1.54) is 12.3 Å². The van der Waals surface area contributed by atoms with Crippen molar-refractivity contribution in [3.05, 3.63) is 54.2 Å². The first-order valence-corrected chi connectivity index (χ1v) is 5.65. The van der Waals surface area contributed by atoms with Crippen LogP contribution in [0.25, 0.3) is 22.0 Å². The van der Waals surface area contributed by atoms with Crippen molar-refractivity contribution in [3.63, 3.8) is 0 Å². The van der Waals surface area contributed by atoms with Gasteiger partial charge in [0.25, 0.3) is 0 Å². The van der Waals surface area contributed by atoms with Gasteiger partial charge in [0, 0.05) is 28.9 Å². The highest BCUT2D eigenvalue weighted by molar-refractivity contribution is 5.98. The zero-order valence-electron chi connectivity index (χ0n) is 9.89. The normalized spacial score (nSPS) is 11.0. The maximum absolute atomic E-state index is 13.2. The summed E-state index contributed by atoms with van der Waals surface area (Å²) in [7, 11) is 0. The first-order valence-electron chi connectivity index (χ1n) is 5.65.